The van der Waals surface area contributed by atoms with Gasteiger partial charge in [0.1, 0.15) is 18.2 Å². The minimum atomic E-state index is -0.631. The number of anilines is 2. The number of fused-ring (bicyclic) bond motifs is 1. The van der Waals surface area contributed by atoms with Crippen LogP contribution in [-0.2, 0) is 9.59 Å². The zero-order valence-corrected chi connectivity index (χ0v) is 13.3. The summed E-state index contributed by atoms with van der Waals surface area (Å²) < 4.78 is 18.7. The number of halogens is 2. The fourth-order valence-electron chi connectivity index (χ4n) is 2.36. The molecule has 3 rings (SSSR count). The molecule has 1 atom stereocenters. The zero-order chi connectivity index (χ0) is 17.1. The van der Waals surface area contributed by atoms with Crippen molar-refractivity contribution in [1.29, 1.82) is 0 Å². The van der Waals surface area contributed by atoms with Crippen molar-refractivity contribution in [2.75, 3.05) is 17.2 Å². The third-order valence-corrected chi connectivity index (χ3v) is 3.88. The summed E-state index contributed by atoms with van der Waals surface area (Å²) in [7, 11) is 0. The van der Waals surface area contributed by atoms with Gasteiger partial charge in [0, 0.05) is 12.1 Å². The second kappa shape index (κ2) is 6.88. The topological polar surface area (TPSA) is 67.4 Å². The molecule has 1 unspecified atom stereocenters. The number of amides is 2. The van der Waals surface area contributed by atoms with E-state index in [-0.39, 0.29) is 29.9 Å². The van der Waals surface area contributed by atoms with Crippen LogP contribution in [-0.4, -0.2) is 18.4 Å². The smallest absolute Gasteiger partial charge is 0.231 e. The number of carbonyl (C=O) groups excluding carboxylic acids is 2. The first kappa shape index (κ1) is 16.3. The molecule has 7 heteroatoms. The molecule has 2 aromatic carbocycles. The Kier molecular flexibility index (Phi) is 4.66. The highest BCUT2D eigenvalue weighted by molar-refractivity contribution is 6.31. The highest BCUT2D eigenvalue weighted by Crippen LogP contribution is 2.28. The van der Waals surface area contributed by atoms with Crippen LogP contribution in [0.25, 0.3) is 0 Å². The maximum absolute atomic E-state index is 13.1. The molecule has 124 valence electrons. The Balaban J connectivity index is 1.64. The SMILES string of the molecule is O=C(CC1COc2ccccc2NC1=O)Nc1ccc(F)c(Cl)c1. The van der Waals surface area contributed by atoms with Gasteiger partial charge in [0.25, 0.3) is 0 Å². The number of ether oxygens (including phenoxy) is 1. The molecule has 1 heterocycles. The molecule has 0 bridgehead atoms. The Morgan fingerprint density at radius 1 is 1.33 bits per heavy atom. The van der Waals surface area contributed by atoms with E-state index < -0.39 is 11.7 Å². The molecule has 0 radical (unpaired) electrons. The fraction of sp³-hybridized carbons (Fsp3) is 0.176. The van der Waals surface area contributed by atoms with E-state index in [0.717, 1.165) is 6.07 Å². The minimum Gasteiger partial charge on any atom is -0.491 e. The monoisotopic (exact) mass is 348 g/mol. The summed E-state index contributed by atoms with van der Waals surface area (Å²) in [6.07, 6.45) is -0.0607. The molecule has 24 heavy (non-hydrogen) atoms. The molecule has 2 N–H and O–H groups in total. The molecule has 0 aromatic heterocycles. The maximum atomic E-state index is 13.1. The van der Waals surface area contributed by atoms with Crippen molar-refractivity contribution in [2.45, 2.75) is 6.42 Å². The quantitative estimate of drug-likeness (QED) is 0.892. The predicted molar refractivity (Wildman–Crippen MR) is 88.7 cm³/mol. The van der Waals surface area contributed by atoms with Gasteiger partial charge < -0.3 is 15.4 Å². The van der Waals surface area contributed by atoms with Gasteiger partial charge in [-0.2, -0.15) is 0 Å². The van der Waals surface area contributed by atoms with Gasteiger partial charge in [-0.05, 0) is 30.3 Å². The summed E-state index contributed by atoms with van der Waals surface area (Å²) in [5.74, 6) is -1.30. The number of hydrogen-bond donors (Lipinski definition) is 2. The third-order valence-electron chi connectivity index (χ3n) is 3.59. The summed E-state index contributed by atoms with van der Waals surface area (Å²) in [6, 6.07) is 10.9. The second-order valence-electron chi connectivity index (χ2n) is 5.37. The van der Waals surface area contributed by atoms with Crippen LogP contribution in [0.3, 0.4) is 0 Å². The van der Waals surface area contributed by atoms with Gasteiger partial charge in [-0.15, -0.1) is 0 Å². The summed E-state index contributed by atoms with van der Waals surface area (Å²) in [5.41, 5.74) is 0.945. The number of nitrogens with one attached hydrogen (secondary N) is 2. The molecule has 2 amide bonds. The highest BCUT2D eigenvalue weighted by Gasteiger charge is 2.27. The van der Waals surface area contributed by atoms with E-state index in [1.165, 1.54) is 12.1 Å². The lowest BCUT2D eigenvalue weighted by molar-refractivity contribution is -0.125. The van der Waals surface area contributed by atoms with Crippen molar-refractivity contribution in [3.8, 4) is 5.75 Å². The van der Waals surface area contributed by atoms with E-state index in [1.54, 1.807) is 24.3 Å². The summed E-state index contributed by atoms with van der Waals surface area (Å²) in [4.78, 5) is 24.3. The Bertz CT molecular complexity index is 797. The minimum absolute atomic E-state index is 0.0607. The summed E-state index contributed by atoms with van der Waals surface area (Å²) in [6.45, 7) is 0.0977. The van der Waals surface area contributed by atoms with E-state index in [0.29, 0.717) is 17.1 Å². The molecule has 0 fully saturated rings. The standard InChI is InChI=1S/C17H14ClFN2O3/c18-12-8-11(5-6-13(12)19)20-16(22)7-10-9-24-15-4-2-1-3-14(15)21-17(10)23/h1-6,8,10H,7,9H2,(H,20,22)(H,21,23). The van der Waals surface area contributed by atoms with Crippen LogP contribution in [0.1, 0.15) is 6.42 Å². The molecule has 0 saturated heterocycles. The first-order valence-electron chi connectivity index (χ1n) is 7.30. The van der Waals surface area contributed by atoms with Gasteiger partial charge in [0.05, 0.1) is 16.6 Å². The largest absolute Gasteiger partial charge is 0.491 e. The van der Waals surface area contributed by atoms with Crippen LogP contribution in [0.15, 0.2) is 42.5 Å². The van der Waals surface area contributed by atoms with E-state index in [2.05, 4.69) is 10.6 Å². The molecule has 2 aromatic rings. The van der Waals surface area contributed by atoms with Crippen LogP contribution in [0, 0.1) is 11.7 Å². The number of para-hydroxylation sites is 2. The normalized spacial score (nSPS) is 16.4. The molecular formula is C17H14ClFN2O3. The van der Waals surface area contributed by atoms with Gasteiger partial charge in [0.15, 0.2) is 0 Å². The number of benzene rings is 2. The van der Waals surface area contributed by atoms with Crippen LogP contribution in [0.4, 0.5) is 15.8 Å². The molecule has 0 saturated carbocycles. The average Bonchev–Trinajstić information content (AvgIpc) is 2.70. The van der Waals surface area contributed by atoms with Crippen molar-refractivity contribution in [1.82, 2.24) is 0 Å². The fourth-order valence-corrected chi connectivity index (χ4v) is 2.54. The molecule has 1 aliphatic heterocycles. The van der Waals surface area contributed by atoms with Gasteiger partial charge in [-0.1, -0.05) is 23.7 Å². The maximum Gasteiger partial charge on any atom is 0.231 e. The second-order valence-corrected chi connectivity index (χ2v) is 5.78. The number of rotatable bonds is 3. The molecular weight excluding hydrogens is 335 g/mol. The third kappa shape index (κ3) is 3.65. The van der Waals surface area contributed by atoms with Crippen LogP contribution >= 0.6 is 11.6 Å². The van der Waals surface area contributed by atoms with E-state index >= 15 is 0 Å². The van der Waals surface area contributed by atoms with Crippen molar-refractivity contribution in [2.24, 2.45) is 5.92 Å². The highest BCUT2D eigenvalue weighted by atomic mass is 35.5. The number of hydrogen-bond acceptors (Lipinski definition) is 3. The zero-order valence-electron chi connectivity index (χ0n) is 12.5. The first-order valence-corrected chi connectivity index (χ1v) is 7.68. The Hall–Kier alpha value is -2.60. The summed E-state index contributed by atoms with van der Waals surface area (Å²) >= 11 is 5.68. The van der Waals surface area contributed by atoms with Gasteiger partial charge in [-0.3, -0.25) is 9.59 Å². The van der Waals surface area contributed by atoms with Crippen molar-refractivity contribution < 1.29 is 18.7 Å². The average molecular weight is 349 g/mol. The van der Waals surface area contributed by atoms with Crippen molar-refractivity contribution in [3.63, 3.8) is 0 Å². The molecule has 0 aliphatic carbocycles. The van der Waals surface area contributed by atoms with Crippen molar-refractivity contribution in [3.05, 3.63) is 53.3 Å². The van der Waals surface area contributed by atoms with E-state index in [4.69, 9.17) is 16.3 Å². The summed E-state index contributed by atoms with van der Waals surface area (Å²) in [5, 5.41) is 5.25. The molecule has 1 aliphatic rings. The van der Waals surface area contributed by atoms with Crippen LogP contribution in [0.5, 0.6) is 5.75 Å². The van der Waals surface area contributed by atoms with Gasteiger partial charge >= 0.3 is 0 Å². The van der Waals surface area contributed by atoms with Gasteiger partial charge in [0.2, 0.25) is 11.8 Å². The van der Waals surface area contributed by atoms with E-state index in [1.807, 2.05) is 0 Å². The Morgan fingerprint density at radius 2 is 2.12 bits per heavy atom. The first-order chi connectivity index (χ1) is 11.5. The van der Waals surface area contributed by atoms with Crippen molar-refractivity contribution >= 4 is 34.8 Å². The Labute approximate surface area is 142 Å². The van der Waals surface area contributed by atoms with Gasteiger partial charge in [-0.25, -0.2) is 4.39 Å². The lowest BCUT2D eigenvalue weighted by Gasteiger charge is -2.13. The lowest BCUT2D eigenvalue weighted by atomic mass is 10.1. The lowest BCUT2D eigenvalue weighted by Crippen LogP contribution is -2.29. The molecule has 0 spiro atoms. The van der Waals surface area contributed by atoms with Crippen LogP contribution in [0.2, 0.25) is 5.02 Å². The number of carbonyl (C=O) groups is 2. The Morgan fingerprint density at radius 3 is 2.92 bits per heavy atom. The molecule has 5 nitrogen and oxygen atoms in total. The predicted octanol–water partition coefficient (Wildman–Crippen LogP) is 3.46. The van der Waals surface area contributed by atoms with Crippen LogP contribution < -0.4 is 15.4 Å². The van der Waals surface area contributed by atoms with E-state index in [9.17, 15) is 14.0 Å².